The minimum atomic E-state index is 0.291. The number of likely N-dealkylation sites (tertiary alicyclic amines) is 1. The molecule has 1 aromatic carbocycles. The highest BCUT2D eigenvalue weighted by atomic mass is 16.5. The van der Waals surface area contributed by atoms with Crippen molar-refractivity contribution in [3.05, 3.63) is 35.9 Å². The molecule has 6 heteroatoms. The van der Waals surface area contributed by atoms with E-state index in [1.54, 1.807) is 0 Å². The van der Waals surface area contributed by atoms with Gasteiger partial charge in [-0.05, 0) is 44.7 Å². The van der Waals surface area contributed by atoms with Gasteiger partial charge in [0, 0.05) is 38.9 Å². The fourth-order valence-corrected chi connectivity index (χ4v) is 4.00. The van der Waals surface area contributed by atoms with Crippen molar-refractivity contribution in [2.75, 3.05) is 46.0 Å². The maximum Gasteiger partial charge on any atom is 0.191 e. The summed E-state index contributed by atoms with van der Waals surface area (Å²) in [6, 6.07) is 11.3. The minimum absolute atomic E-state index is 0.291. The number of hydrogen-bond acceptors (Lipinski definition) is 4. The molecule has 0 radical (unpaired) electrons. The Balaban J connectivity index is 1.42. The Morgan fingerprint density at radius 1 is 1.21 bits per heavy atom. The molecule has 2 aliphatic rings. The van der Waals surface area contributed by atoms with Gasteiger partial charge >= 0.3 is 0 Å². The van der Waals surface area contributed by atoms with Crippen LogP contribution in [0.2, 0.25) is 0 Å². The summed E-state index contributed by atoms with van der Waals surface area (Å²) in [5, 5.41) is 6.84. The van der Waals surface area contributed by atoms with E-state index in [9.17, 15) is 0 Å². The lowest BCUT2D eigenvalue weighted by Gasteiger charge is -2.35. The summed E-state index contributed by atoms with van der Waals surface area (Å²) >= 11 is 0. The molecule has 2 heterocycles. The molecule has 2 N–H and O–H groups in total. The van der Waals surface area contributed by atoms with Crippen molar-refractivity contribution in [2.24, 2.45) is 4.99 Å². The Morgan fingerprint density at radius 3 is 2.90 bits per heavy atom. The van der Waals surface area contributed by atoms with Crippen LogP contribution >= 0.6 is 0 Å². The Hall–Kier alpha value is -1.63. The summed E-state index contributed by atoms with van der Waals surface area (Å²) in [5.41, 5.74) is 1.39. The normalized spacial score (nSPS) is 23.3. The van der Waals surface area contributed by atoms with E-state index in [1.807, 2.05) is 0 Å². The number of hydrogen-bond donors (Lipinski definition) is 2. The number of aliphatic imine (C=N–C) groups is 1. The third kappa shape index (κ3) is 7.96. The van der Waals surface area contributed by atoms with Crippen molar-refractivity contribution in [3.63, 3.8) is 0 Å². The Morgan fingerprint density at radius 2 is 2.10 bits per heavy atom. The first kappa shape index (κ1) is 22.1. The third-order valence-corrected chi connectivity index (χ3v) is 5.64. The molecule has 2 atom stereocenters. The number of ether oxygens (including phenoxy) is 2. The number of nitrogens with one attached hydrogen (secondary N) is 2. The van der Waals surface area contributed by atoms with E-state index in [2.05, 4.69) is 52.8 Å². The first-order chi connectivity index (χ1) is 14.3. The van der Waals surface area contributed by atoms with Crippen LogP contribution in [0.1, 0.15) is 44.6 Å². The average Bonchev–Trinajstić information content (AvgIpc) is 3.27. The van der Waals surface area contributed by atoms with Gasteiger partial charge in [-0.2, -0.15) is 0 Å². The second kappa shape index (κ2) is 12.8. The molecule has 162 valence electrons. The highest BCUT2D eigenvalue weighted by Gasteiger charge is 2.22. The number of benzene rings is 1. The summed E-state index contributed by atoms with van der Waals surface area (Å²) in [6.07, 6.45) is 6.11. The van der Waals surface area contributed by atoms with Crippen LogP contribution in [0.4, 0.5) is 0 Å². The predicted molar refractivity (Wildman–Crippen MR) is 118 cm³/mol. The van der Waals surface area contributed by atoms with Gasteiger partial charge in [0.1, 0.15) is 0 Å². The first-order valence-corrected chi connectivity index (χ1v) is 11.3. The second-order valence-electron chi connectivity index (χ2n) is 7.96. The number of rotatable bonds is 10. The van der Waals surface area contributed by atoms with Crippen LogP contribution in [-0.4, -0.2) is 69.0 Å². The lowest BCUT2D eigenvalue weighted by Crippen LogP contribution is -2.43. The lowest BCUT2D eigenvalue weighted by molar-refractivity contribution is 0.0420. The Bertz CT molecular complexity index is 590. The van der Waals surface area contributed by atoms with E-state index in [-0.39, 0.29) is 0 Å². The maximum atomic E-state index is 5.84. The van der Waals surface area contributed by atoms with E-state index in [0.717, 1.165) is 64.8 Å². The lowest BCUT2D eigenvalue weighted by atomic mass is 10.0. The van der Waals surface area contributed by atoms with Gasteiger partial charge in [0.05, 0.1) is 19.3 Å². The van der Waals surface area contributed by atoms with Gasteiger partial charge < -0.3 is 20.1 Å². The van der Waals surface area contributed by atoms with Gasteiger partial charge in [0.15, 0.2) is 5.96 Å². The van der Waals surface area contributed by atoms with Crippen LogP contribution in [0.25, 0.3) is 0 Å². The zero-order valence-corrected chi connectivity index (χ0v) is 17.9. The molecule has 0 aromatic heterocycles. The van der Waals surface area contributed by atoms with Crippen LogP contribution in [0.3, 0.4) is 0 Å². The van der Waals surface area contributed by atoms with Crippen molar-refractivity contribution >= 4 is 5.96 Å². The van der Waals surface area contributed by atoms with Gasteiger partial charge in [-0.15, -0.1) is 0 Å². The fraction of sp³-hybridized carbons (Fsp3) is 0.696. The second-order valence-corrected chi connectivity index (χ2v) is 7.96. The fourth-order valence-electron chi connectivity index (χ4n) is 4.00. The molecule has 2 unspecified atom stereocenters. The zero-order valence-electron chi connectivity index (χ0n) is 17.9. The molecule has 1 aromatic rings. The van der Waals surface area contributed by atoms with E-state index < -0.39 is 0 Å². The maximum absolute atomic E-state index is 5.84. The third-order valence-electron chi connectivity index (χ3n) is 5.64. The smallest absolute Gasteiger partial charge is 0.191 e. The molecular weight excluding hydrogens is 364 g/mol. The predicted octanol–water partition coefficient (Wildman–Crippen LogP) is 2.79. The highest BCUT2D eigenvalue weighted by molar-refractivity contribution is 5.79. The van der Waals surface area contributed by atoms with Crippen LogP contribution in [-0.2, 0) is 16.0 Å². The average molecular weight is 403 g/mol. The van der Waals surface area contributed by atoms with E-state index in [4.69, 9.17) is 14.5 Å². The van der Waals surface area contributed by atoms with Crippen LogP contribution in [0, 0.1) is 0 Å². The summed E-state index contributed by atoms with van der Waals surface area (Å²) in [4.78, 5) is 7.50. The molecule has 0 bridgehead atoms. The van der Waals surface area contributed by atoms with E-state index in [0.29, 0.717) is 12.1 Å². The Kier molecular flexibility index (Phi) is 9.76. The number of nitrogens with zero attached hydrogens (tertiary/aromatic N) is 2. The Labute approximate surface area is 176 Å². The molecule has 2 fully saturated rings. The molecule has 0 amide bonds. The molecule has 0 spiro atoms. The summed E-state index contributed by atoms with van der Waals surface area (Å²) in [7, 11) is 0. The molecular formula is C23H38N4O2. The topological polar surface area (TPSA) is 58.1 Å². The van der Waals surface area contributed by atoms with Crippen LogP contribution in [0.5, 0.6) is 0 Å². The van der Waals surface area contributed by atoms with Crippen molar-refractivity contribution < 1.29 is 9.47 Å². The van der Waals surface area contributed by atoms with Crippen LogP contribution in [0.15, 0.2) is 35.3 Å². The monoisotopic (exact) mass is 402 g/mol. The quantitative estimate of drug-likeness (QED) is 0.358. The molecule has 6 nitrogen and oxygen atoms in total. The van der Waals surface area contributed by atoms with E-state index >= 15 is 0 Å². The molecule has 0 saturated carbocycles. The molecule has 2 saturated heterocycles. The van der Waals surface area contributed by atoms with Gasteiger partial charge in [-0.25, -0.2) is 0 Å². The molecule has 0 aliphatic carbocycles. The van der Waals surface area contributed by atoms with E-state index in [1.165, 1.54) is 31.4 Å². The van der Waals surface area contributed by atoms with Crippen molar-refractivity contribution in [1.29, 1.82) is 0 Å². The largest absolute Gasteiger partial charge is 0.379 e. The summed E-state index contributed by atoms with van der Waals surface area (Å²) in [6.45, 7) is 9.25. The summed E-state index contributed by atoms with van der Waals surface area (Å²) in [5.74, 6) is 0.918. The first-order valence-electron chi connectivity index (χ1n) is 11.3. The number of guanidine groups is 1. The van der Waals surface area contributed by atoms with Gasteiger partial charge in [-0.3, -0.25) is 9.89 Å². The van der Waals surface area contributed by atoms with Crippen molar-refractivity contribution in [3.8, 4) is 0 Å². The zero-order chi connectivity index (χ0) is 20.2. The van der Waals surface area contributed by atoms with Gasteiger partial charge in [-0.1, -0.05) is 36.8 Å². The summed E-state index contributed by atoms with van der Waals surface area (Å²) < 4.78 is 11.2. The van der Waals surface area contributed by atoms with Crippen molar-refractivity contribution in [1.82, 2.24) is 15.5 Å². The molecule has 2 aliphatic heterocycles. The van der Waals surface area contributed by atoms with Gasteiger partial charge in [0.2, 0.25) is 0 Å². The van der Waals surface area contributed by atoms with Crippen molar-refractivity contribution in [2.45, 2.75) is 57.7 Å². The SMILES string of the molecule is CCNC(=NCC1CCCCN1Cc1ccccc1)NCCCOC1CCOC1. The minimum Gasteiger partial charge on any atom is -0.379 e. The van der Waals surface area contributed by atoms with Gasteiger partial charge in [0.25, 0.3) is 0 Å². The highest BCUT2D eigenvalue weighted by Crippen LogP contribution is 2.20. The standard InChI is InChI=1S/C23H38N4O2/c1-2-24-23(25-13-8-15-29-22-12-16-28-19-22)26-17-21-11-6-7-14-27(21)18-20-9-4-3-5-10-20/h3-5,9-10,21-22H,2,6-8,11-19H2,1H3,(H2,24,25,26). The molecule has 3 rings (SSSR count). The molecule has 29 heavy (non-hydrogen) atoms. The number of piperidine rings is 1. The van der Waals surface area contributed by atoms with Crippen LogP contribution < -0.4 is 10.6 Å².